The van der Waals surface area contributed by atoms with E-state index in [1.165, 1.54) is 0 Å². The van der Waals surface area contributed by atoms with Crippen LogP contribution in [-0.2, 0) is 4.74 Å². The van der Waals surface area contributed by atoms with Gasteiger partial charge >= 0.3 is 11.8 Å². The summed E-state index contributed by atoms with van der Waals surface area (Å²) >= 11 is 5.93. The molecule has 1 rings (SSSR count). The van der Waals surface area contributed by atoms with Gasteiger partial charge in [-0.3, -0.25) is 10.1 Å². The number of alkyl carbamates (subject to hydrolysis) is 1. The largest absolute Gasteiger partial charge is 0.444 e. The predicted molar refractivity (Wildman–Crippen MR) is 97.3 cm³/mol. The van der Waals surface area contributed by atoms with Gasteiger partial charge in [0.05, 0.1) is 10.5 Å². The SMILES string of the molecule is Cc1nc(Cl)c([N+](=O)[O-])c(NCC(C)(C)NC(=O)OC(C)(C)C)c1C. The van der Waals surface area contributed by atoms with Crippen molar-refractivity contribution in [2.75, 3.05) is 11.9 Å². The highest BCUT2D eigenvalue weighted by molar-refractivity contribution is 6.32. The van der Waals surface area contributed by atoms with E-state index in [4.69, 9.17) is 16.3 Å². The summed E-state index contributed by atoms with van der Waals surface area (Å²) in [7, 11) is 0. The number of aryl methyl sites for hydroxylation is 1. The Hall–Kier alpha value is -2.09. The van der Waals surface area contributed by atoms with E-state index in [0.29, 0.717) is 16.9 Å². The molecule has 1 heterocycles. The molecule has 9 heteroatoms. The summed E-state index contributed by atoms with van der Waals surface area (Å²) in [5, 5.41) is 16.9. The number of aromatic nitrogens is 1. The van der Waals surface area contributed by atoms with E-state index in [9.17, 15) is 14.9 Å². The van der Waals surface area contributed by atoms with Gasteiger partial charge in [0.25, 0.3) is 0 Å². The van der Waals surface area contributed by atoms with Gasteiger partial charge in [-0.1, -0.05) is 11.6 Å². The van der Waals surface area contributed by atoms with Gasteiger partial charge in [-0.15, -0.1) is 0 Å². The van der Waals surface area contributed by atoms with E-state index in [1.807, 2.05) is 0 Å². The van der Waals surface area contributed by atoms with Gasteiger partial charge in [-0.25, -0.2) is 9.78 Å². The molecule has 0 atom stereocenters. The third kappa shape index (κ3) is 6.04. The van der Waals surface area contributed by atoms with Gasteiger partial charge in [0, 0.05) is 17.8 Å². The second kappa shape index (κ2) is 7.43. The maximum Gasteiger partial charge on any atom is 0.408 e. The number of anilines is 1. The molecule has 0 aliphatic heterocycles. The molecule has 1 amide bonds. The topological polar surface area (TPSA) is 106 Å². The lowest BCUT2D eigenvalue weighted by molar-refractivity contribution is -0.384. The van der Waals surface area contributed by atoms with Gasteiger partial charge in [0.1, 0.15) is 11.3 Å². The number of hydrogen-bond donors (Lipinski definition) is 2. The van der Waals surface area contributed by atoms with Crippen molar-refractivity contribution in [1.29, 1.82) is 0 Å². The van der Waals surface area contributed by atoms with Crippen LogP contribution >= 0.6 is 11.6 Å². The second-order valence-electron chi connectivity index (χ2n) is 7.46. The molecule has 1 aromatic heterocycles. The first-order chi connectivity index (χ1) is 11.2. The zero-order valence-electron chi connectivity index (χ0n) is 15.6. The summed E-state index contributed by atoms with van der Waals surface area (Å²) in [4.78, 5) is 26.7. The summed E-state index contributed by atoms with van der Waals surface area (Å²) in [5.41, 5.74) is -0.0927. The Balaban J connectivity index is 2.97. The quantitative estimate of drug-likeness (QED) is 0.460. The molecular formula is C16H25ClN4O4. The van der Waals surface area contributed by atoms with Crippen molar-refractivity contribution >= 4 is 29.1 Å². The average molecular weight is 373 g/mol. The molecule has 25 heavy (non-hydrogen) atoms. The maximum absolute atomic E-state index is 11.9. The minimum Gasteiger partial charge on any atom is -0.444 e. The molecule has 0 radical (unpaired) electrons. The first kappa shape index (κ1) is 21.0. The van der Waals surface area contributed by atoms with E-state index in [0.717, 1.165) is 0 Å². The molecule has 0 aromatic carbocycles. The molecule has 0 saturated heterocycles. The van der Waals surface area contributed by atoms with E-state index < -0.39 is 22.2 Å². The Bertz CT molecular complexity index is 684. The third-order valence-corrected chi connectivity index (χ3v) is 3.61. The standard InChI is InChI=1S/C16H25ClN4O4/c1-9-10(2)19-13(17)12(21(23)24)11(9)18-8-16(6,7)20-14(22)25-15(3,4)5/h8H2,1-7H3,(H,18,19)(H,20,22). The predicted octanol–water partition coefficient (Wildman–Crippen LogP) is 3.98. The molecule has 8 nitrogen and oxygen atoms in total. The number of carbonyl (C=O) groups is 1. The molecule has 1 aromatic rings. The maximum atomic E-state index is 11.9. The van der Waals surface area contributed by atoms with Crippen LogP contribution < -0.4 is 10.6 Å². The highest BCUT2D eigenvalue weighted by Gasteiger charge is 2.28. The van der Waals surface area contributed by atoms with Gasteiger partial charge in [-0.2, -0.15) is 0 Å². The van der Waals surface area contributed by atoms with Crippen LogP contribution in [0.5, 0.6) is 0 Å². The summed E-state index contributed by atoms with van der Waals surface area (Å²) in [5.74, 6) is 0. The Labute approximate surface area is 152 Å². The van der Waals surface area contributed by atoms with Gasteiger partial charge in [-0.05, 0) is 48.5 Å². The van der Waals surface area contributed by atoms with Crippen molar-refractivity contribution in [3.63, 3.8) is 0 Å². The van der Waals surface area contributed by atoms with Crippen LogP contribution in [0.25, 0.3) is 0 Å². The van der Waals surface area contributed by atoms with E-state index in [2.05, 4.69) is 15.6 Å². The number of ether oxygens (including phenoxy) is 1. The Morgan fingerprint density at radius 2 is 1.84 bits per heavy atom. The van der Waals surface area contributed by atoms with E-state index in [-0.39, 0.29) is 17.4 Å². The Morgan fingerprint density at radius 3 is 2.32 bits per heavy atom. The van der Waals surface area contributed by atoms with Crippen molar-refractivity contribution in [2.24, 2.45) is 0 Å². The van der Waals surface area contributed by atoms with E-state index in [1.54, 1.807) is 48.5 Å². The number of halogens is 1. The molecule has 0 saturated carbocycles. The lowest BCUT2D eigenvalue weighted by Gasteiger charge is -2.29. The summed E-state index contributed by atoms with van der Waals surface area (Å²) in [6.45, 7) is 12.5. The zero-order chi connectivity index (χ0) is 19.6. The molecule has 0 aliphatic rings. The Morgan fingerprint density at radius 1 is 1.28 bits per heavy atom. The van der Waals surface area contributed by atoms with Crippen molar-refractivity contribution in [3.8, 4) is 0 Å². The molecule has 140 valence electrons. The fourth-order valence-corrected chi connectivity index (χ4v) is 2.35. The van der Waals surface area contributed by atoms with Crippen molar-refractivity contribution in [2.45, 2.75) is 59.6 Å². The number of rotatable bonds is 5. The van der Waals surface area contributed by atoms with Crippen molar-refractivity contribution < 1.29 is 14.5 Å². The zero-order valence-corrected chi connectivity index (χ0v) is 16.4. The fraction of sp³-hybridized carbons (Fsp3) is 0.625. The van der Waals surface area contributed by atoms with Crippen molar-refractivity contribution in [3.05, 3.63) is 26.5 Å². The minimum atomic E-state index is -0.716. The normalized spacial score (nSPS) is 11.8. The first-order valence-electron chi connectivity index (χ1n) is 7.79. The van der Waals surface area contributed by atoms with Crippen LogP contribution in [0.15, 0.2) is 0 Å². The smallest absolute Gasteiger partial charge is 0.408 e. The van der Waals surface area contributed by atoms with Crippen LogP contribution in [-0.4, -0.2) is 33.7 Å². The van der Waals surface area contributed by atoms with E-state index >= 15 is 0 Å². The first-order valence-corrected chi connectivity index (χ1v) is 8.17. The van der Waals surface area contributed by atoms with Gasteiger partial charge in [0.15, 0.2) is 0 Å². The number of nitro groups is 1. The lowest BCUT2D eigenvalue weighted by Crippen LogP contribution is -2.50. The van der Waals surface area contributed by atoms with Crippen LogP contribution in [0, 0.1) is 24.0 Å². The van der Waals surface area contributed by atoms with Crippen molar-refractivity contribution in [1.82, 2.24) is 10.3 Å². The summed E-state index contributed by atoms with van der Waals surface area (Å²) in [6.07, 6.45) is -0.561. The molecule has 2 N–H and O–H groups in total. The summed E-state index contributed by atoms with van der Waals surface area (Å²) in [6, 6.07) is 0. The molecule has 0 spiro atoms. The number of pyridine rings is 1. The molecular weight excluding hydrogens is 348 g/mol. The molecule has 0 bridgehead atoms. The summed E-state index contributed by atoms with van der Waals surface area (Å²) < 4.78 is 5.23. The van der Waals surface area contributed by atoms with Crippen LogP contribution in [0.4, 0.5) is 16.2 Å². The number of hydrogen-bond acceptors (Lipinski definition) is 6. The minimum absolute atomic E-state index is 0.173. The van der Waals surface area contributed by atoms with Gasteiger partial charge < -0.3 is 15.4 Å². The fourth-order valence-electron chi connectivity index (χ4n) is 2.06. The van der Waals surface area contributed by atoms with Crippen LogP contribution in [0.2, 0.25) is 5.15 Å². The monoisotopic (exact) mass is 372 g/mol. The number of amides is 1. The second-order valence-corrected chi connectivity index (χ2v) is 7.82. The number of carbonyl (C=O) groups excluding carboxylic acids is 1. The molecule has 0 unspecified atom stereocenters. The van der Waals surface area contributed by atoms with Crippen LogP contribution in [0.1, 0.15) is 45.9 Å². The number of nitrogens with zero attached hydrogens (tertiary/aromatic N) is 2. The average Bonchev–Trinajstić information content (AvgIpc) is 2.37. The molecule has 0 fully saturated rings. The highest BCUT2D eigenvalue weighted by Crippen LogP contribution is 2.35. The van der Waals surface area contributed by atoms with Crippen LogP contribution in [0.3, 0.4) is 0 Å². The Kier molecular flexibility index (Phi) is 6.23. The number of nitrogens with one attached hydrogen (secondary N) is 2. The third-order valence-electron chi connectivity index (χ3n) is 3.34. The highest BCUT2D eigenvalue weighted by atomic mass is 35.5. The lowest BCUT2D eigenvalue weighted by atomic mass is 10.1. The molecule has 0 aliphatic carbocycles. The van der Waals surface area contributed by atoms with Gasteiger partial charge in [0.2, 0.25) is 5.15 Å².